The van der Waals surface area contributed by atoms with Crippen LogP contribution in [0.4, 0.5) is 5.69 Å². The van der Waals surface area contributed by atoms with Crippen LogP contribution in [0.25, 0.3) is 5.57 Å². The van der Waals surface area contributed by atoms with Gasteiger partial charge in [-0.25, -0.2) is 4.90 Å². The molecule has 1 heterocycles. The van der Waals surface area contributed by atoms with Crippen LogP contribution in [0.3, 0.4) is 0 Å². The first-order valence-corrected chi connectivity index (χ1v) is 8.74. The lowest BCUT2D eigenvalue weighted by Crippen LogP contribution is -2.31. The fraction of sp³-hybridized carbons (Fsp3) is 0.238. The second-order valence-electron chi connectivity index (χ2n) is 6.29. The monoisotopic (exact) mass is 367 g/mol. The summed E-state index contributed by atoms with van der Waals surface area (Å²) in [7, 11) is 0. The summed E-state index contributed by atoms with van der Waals surface area (Å²) in [5, 5.41) is 10.3. The molecule has 0 aromatic heterocycles. The quantitative estimate of drug-likeness (QED) is 0.788. The zero-order valence-electron chi connectivity index (χ0n) is 15.4. The molecule has 6 nitrogen and oxygen atoms in total. The number of hydrogen-bond acceptors (Lipinski definition) is 5. The van der Waals surface area contributed by atoms with Crippen molar-refractivity contribution >= 4 is 23.1 Å². The summed E-state index contributed by atoms with van der Waals surface area (Å²) in [4.78, 5) is 26.2. The average molecular weight is 367 g/mol. The van der Waals surface area contributed by atoms with Crippen molar-refractivity contribution in [2.24, 2.45) is 0 Å². The molecule has 2 aromatic carbocycles. The summed E-state index contributed by atoms with van der Waals surface area (Å²) in [6.45, 7) is 6.21. The predicted octanol–water partition coefficient (Wildman–Crippen LogP) is 3.72. The number of imide groups is 1. The highest BCUT2D eigenvalue weighted by atomic mass is 16.5. The molecule has 0 saturated heterocycles. The van der Waals surface area contributed by atoms with E-state index in [4.69, 9.17) is 9.47 Å². The summed E-state index contributed by atoms with van der Waals surface area (Å²) in [5.74, 6) is -0.597. The topological polar surface area (TPSA) is 76.1 Å². The van der Waals surface area contributed by atoms with Gasteiger partial charge in [0.05, 0.1) is 24.0 Å². The SMILES string of the molecule is CCOc1ccc(N2C(=O)C(O)=C(c3ccc(OC(C)C)cc3)C2=O)cc1. The lowest BCUT2D eigenvalue weighted by molar-refractivity contribution is -0.121. The van der Waals surface area contributed by atoms with Crippen LogP contribution >= 0.6 is 0 Å². The Kier molecular flexibility index (Phi) is 5.16. The number of amides is 2. The van der Waals surface area contributed by atoms with Gasteiger partial charge >= 0.3 is 5.91 Å². The molecule has 0 fully saturated rings. The van der Waals surface area contributed by atoms with E-state index in [9.17, 15) is 14.7 Å². The number of aliphatic hydroxyl groups excluding tert-OH is 1. The van der Waals surface area contributed by atoms with Gasteiger partial charge in [-0.15, -0.1) is 0 Å². The molecular formula is C21H21NO5. The number of aliphatic hydroxyl groups is 1. The highest BCUT2D eigenvalue weighted by molar-refractivity contribution is 6.44. The van der Waals surface area contributed by atoms with Crippen LogP contribution < -0.4 is 14.4 Å². The molecule has 0 atom stereocenters. The van der Waals surface area contributed by atoms with Crippen molar-refractivity contribution in [1.82, 2.24) is 0 Å². The van der Waals surface area contributed by atoms with Crippen LogP contribution in [-0.2, 0) is 9.59 Å². The van der Waals surface area contributed by atoms with Crippen LogP contribution in [0.1, 0.15) is 26.3 Å². The van der Waals surface area contributed by atoms with E-state index in [1.54, 1.807) is 48.5 Å². The Balaban J connectivity index is 1.87. The van der Waals surface area contributed by atoms with Crippen LogP contribution in [-0.4, -0.2) is 29.6 Å². The Hall–Kier alpha value is -3.28. The van der Waals surface area contributed by atoms with E-state index in [1.165, 1.54) is 0 Å². The standard InChI is InChI=1S/C21H21NO5/c1-4-26-16-11-7-15(8-12-16)22-20(24)18(19(23)21(22)25)14-5-9-17(10-6-14)27-13(2)3/h5-13,23H,4H2,1-3H3. The van der Waals surface area contributed by atoms with Crippen LogP contribution in [0.15, 0.2) is 54.3 Å². The molecule has 27 heavy (non-hydrogen) atoms. The average Bonchev–Trinajstić information content (AvgIpc) is 2.86. The number of hydrogen-bond donors (Lipinski definition) is 1. The molecule has 0 aliphatic carbocycles. The van der Waals surface area contributed by atoms with Gasteiger partial charge in [0.1, 0.15) is 11.5 Å². The number of benzene rings is 2. The van der Waals surface area contributed by atoms with Gasteiger partial charge in [0.25, 0.3) is 5.91 Å². The molecule has 0 radical (unpaired) electrons. The fourth-order valence-electron chi connectivity index (χ4n) is 2.84. The first kappa shape index (κ1) is 18.5. The highest BCUT2D eigenvalue weighted by Crippen LogP contribution is 2.33. The maximum Gasteiger partial charge on any atom is 0.301 e. The number of ether oxygens (including phenoxy) is 2. The molecule has 0 unspecified atom stereocenters. The second-order valence-corrected chi connectivity index (χ2v) is 6.29. The Bertz CT molecular complexity index is 882. The molecule has 0 bridgehead atoms. The van der Waals surface area contributed by atoms with Crippen molar-refractivity contribution < 1.29 is 24.2 Å². The molecule has 2 aromatic rings. The van der Waals surface area contributed by atoms with E-state index in [-0.39, 0.29) is 11.7 Å². The van der Waals surface area contributed by atoms with Crippen LogP contribution in [0.2, 0.25) is 0 Å². The van der Waals surface area contributed by atoms with Gasteiger partial charge in [-0.3, -0.25) is 9.59 Å². The van der Waals surface area contributed by atoms with E-state index in [1.807, 2.05) is 20.8 Å². The lowest BCUT2D eigenvalue weighted by atomic mass is 10.1. The minimum atomic E-state index is -0.748. The summed E-state index contributed by atoms with van der Waals surface area (Å²) in [6, 6.07) is 13.3. The summed E-state index contributed by atoms with van der Waals surface area (Å²) >= 11 is 0. The Labute approximate surface area is 157 Å². The smallest absolute Gasteiger partial charge is 0.301 e. The van der Waals surface area contributed by atoms with Gasteiger partial charge in [0, 0.05) is 0 Å². The number of carbonyl (C=O) groups excluding carboxylic acids is 2. The Morgan fingerprint density at radius 3 is 2.07 bits per heavy atom. The molecule has 0 saturated carbocycles. The molecule has 6 heteroatoms. The fourth-order valence-corrected chi connectivity index (χ4v) is 2.84. The van der Waals surface area contributed by atoms with Gasteiger partial charge in [-0.1, -0.05) is 12.1 Å². The molecule has 0 spiro atoms. The van der Waals surface area contributed by atoms with E-state index >= 15 is 0 Å². The van der Waals surface area contributed by atoms with Crippen molar-refractivity contribution in [3.8, 4) is 11.5 Å². The Morgan fingerprint density at radius 2 is 1.52 bits per heavy atom. The van der Waals surface area contributed by atoms with Crippen molar-refractivity contribution in [1.29, 1.82) is 0 Å². The Morgan fingerprint density at radius 1 is 0.926 bits per heavy atom. The minimum Gasteiger partial charge on any atom is -0.502 e. The molecule has 140 valence electrons. The zero-order valence-corrected chi connectivity index (χ0v) is 15.4. The molecule has 2 amide bonds. The summed E-state index contributed by atoms with van der Waals surface area (Å²) in [5.41, 5.74) is 0.801. The van der Waals surface area contributed by atoms with Gasteiger partial charge in [0.2, 0.25) is 0 Å². The van der Waals surface area contributed by atoms with Crippen molar-refractivity contribution in [3.63, 3.8) is 0 Å². The first-order chi connectivity index (χ1) is 12.9. The maximum atomic E-state index is 12.8. The molecule has 1 aliphatic heterocycles. The van der Waals surface area contributed by atoms with E-state index < -0.39 is 17.6 Å². The van der Waals surface area contributed by atoms with Gasteiger partial charge < -0.3 is 14.6 Å². The minimum absolute atomic E-state index is 0.0216. The van der Waals surface area contributed by atoms with Crippen molar-refractivity contribution in [3.05, 3.63) is 59.9 Å². The van der Waals surface area contributed by atoms with Crippen LogP contribution in [0, 0.1) is 0 Å². The van der Waals surface area contributed by atoms with Crippen LogP contribution in [0.5, 0.6) is 11.5 Å². The third-order valence-corrected chi connectivity index (χ3v) is 3.98. The number of anilines is 1. The van der Waals surface area contributed by atoms with E-state index in [2.05, 4.69) is 0 Å². The predicted molar refractivity (Wildman–Crippen MR) is 102 cm³/mol. The highest BCUT2D eigenvalue weighted by Gasteiger charge is 2.40. The van der Waals surface area contributed by atoms with Gasteiger partial charge in [-0.2, -0.15) is 0 Å². The molecular weight excluding hydrogens is 346 g/mol. The number of nitrogens with zero attached hydrogens (tertiary/aromatic N) is 1. The normalized spacial score (nSPS) is 14.3. The first-order valence-electron chi connectivity index (χ1n) is 8.74. The summed E-state index contributed by atoms with van der Waals surface area (Å²) < 4.78 is 10.9. The van der Waals surface area contributed by atoms with Crippen molar-refractivity contribution in [2.45, 2.75) is 26.9 Å². The summed E-state index contributed by atoms with van der Waals surface area (Å²) in [6.07, 6.45) is 0.0216. The maximum absolute atomic E-state index is 12.8. The third-order valence-electron chi connectivity index (χ3n) is 3.98. The van der Waals surface area contributed by atoms with Gasteiger partial charge in [-0.05, 0) is 62.7 Å². The molecule has 1 aliphatic rings. The lowest BCUT2D eigenvalue weighted by Gasteiger charge is -2.15. The van der Waals surface area contributed by atoms with Gasteiger partial charge in [0.15, 0.2) is 5.76 Å². The number of carbonyl (C=O) groups is 2. The van der Waals surface area contributed by atoms with E-state index in [0.717, 1.165) is 4.90 Å². The molecule has 1 N–H and O–H groups in total. The van der Waals surface area contributed by atoms with E-state index in [0.29, 0.717) is 29.4 Å². The molecule has 3 rings (SSSR count). The number of rotatable bonds is 6. The third kappa shape index (κ3) is 3.65. The second kappa shape index (κ2) is 7.53. The van der Waals surface area contributed by atoms with Crippen molar-refractivity contribution in [2.75, 3.05) is 11.5 Å². The zero-order chi connectivity index (χ0) is 19.6. The largest absolute Gasteiger partial charge is 0.502 e.